The molecule has 0 heterocycles. The predicted octanol–water partition coefficient (Wildman–Crippen LogP) is 3.62. The number of benzene rings is 2. The second-order valence-electron chi connectivity index (χ2n) is 5.77. The van der Waals surface area contributed by atoms with Crippen LogP contribution in [0.15, 0.2) is 53.0 Å². The minimum absolute atomic E-state index is 0.00618. The summed E-state index contributed by atoms with van der Waals surface area (Å²) in [5.74, 6) is -1.19. The Morgan fingerprint density at radius 2 is 1.84 bits per heavy atom. The van der Waals surface area contributed by atoms with E-state index in [2.05, 4.69) is 21.2 Å². The van der Waals surface area contributed by atoms with Crippen LogP contribution in [0.3, 0.4) is 0 Å². The Balaban J connectivity index is 1.89. The molecule has 0 saturated heterocycles. The van der Waals surface area contributed by atoms with Gasteiger partial charge >= 0.3 is 5.97 Å². The molecular weight excluding hydrogens is 386 g/mol. The van der Waals surface area contributed by atoms with E-state index in [4.69, 9.17) is 4.74 Å². The Bertz CT molecular complexity index is 748. The third kappa shape index (κ3) is 5.32. The summed E-state index contributed by atoms with van der Waals surface area (Å²) in [4.78, 5) is 24.2. The van der Waals surface area contributed by atoms with Crippen LogP contribution in [0, 0.1) is 0 Å². The fraction of sp³-hybridized carbons (Fsp3) is 0.263. The van der Waals surface area contributed by atoms with Crippen molar-refractivity contribution in [3.05, 3.63) is 64.1 Å². The summed E-state index contributed by atoms with van der Waals surface area (Å²) in [5, 5.41) is 12.5. The highest BCUT2D eigenvalue weighted by Gasteiger charge is 2.21. The van der Waals surface area contributed by atoms with Crippen molar-refractivity contribution in [3.63, 3.8) is 0 Å². The van der Waals surface area contributed by atoms with Gasteiger partial charge in [-0.25, -0.2) is 4.79 Å². The van der Waals surface area contributed by atoms with Gasteiger partial charge in [0.1, 0.15) is 11.3 Å². The van der Waals surface area contributed by atoms with Gasteiger partial charge in [0.25, 0.3) is 5.91 Å². The van der Waals surface area contributed by atoms with Gasteiger partial charge in [0.15, 0.2) is 6.10 Å². The van der Waals surface area contributed by atoms with E-state index < -0.39 is 12.1 Å². The molecule has 6 heteroatoms. The van der Waals surface area contributed by atoms with Crippen LogP contribution in [0.1, 0.15) is 35.7 Å². The number of phenols is 1. The van der Waals surface area contributed by atoms with Crippen molar-refractivity contribution in [2.75, 3.05) is 6.54 Å². The first-order chi connectivity index (χ1) is 11.9. The van der Waals surface area contributed by atoms with E-state index in [-0.39, 0.29) is 23.1 Å². The zero-order valence-corrected chi connectivity index (χ0v) is 15.6. The van der Waals surface area contributed by atoms with Crippen LogP contribution < -0.4 is 5.32 Å². The topological polar surface area (TPSA) is 75.6 Å². The maximum Gasteiger partial charge on any atom is 0.342 e. The maximum atomic E-state index is 12.1. The van der Waals surface area contributed by atoms with E-state index in [1.165, 1.54) is 19.1 Å². The molecule has 5 nitrogen and oxygen atoms in total. The van der Waals surface area contributed by atoms with Crippen molar-refractivity contribution in [1.82, 2.24) is 5.32 Å². The number of halogens is 1. The molecule has 2 rings (SSSR count). The molecule has 1 amide bonds. The molecule has 0 bridgehead atoms. The molecule has 2 aromatic rings. The summed E-state index contributed by atoms with van der Waals surface area (Å²) in [6.07, 6.45) is -0.964. The molecule has 25 heavy (non-hydrogen) atoms. The Hall–Kier alpha value is -2.34. The van der Waals surface area contributed by atoms with Gasteiger partial charge in [-0.2, -0.15) is 0 Å². The zero-order chi connectivity index (χ0) is 18.4. The number of hydrogen-bond acceptors (Lipinski definition) is 4. The van der Waals surface area contributed by atoms with Crippen molar-refractivity contribution in [2.24, 2.45) is 0 Å². The molecule has 132 valence electrons. The first kappa shape index (κ1) is 19.0. The lowest BCUT2D eigenvalue weighted by molar-refractivity contribution is -0.129. The van der Waals surface area contributed by atoms with Crippen molar-refractivity contribution < 1.29 is 19.4 Å². The molecule has 0 aliphatic heterocycles. The lowest BCUT2D eigenvalue weighted by Gasteiger charge is -2.17. The van der Waals surface area contributed by atoms with Crippen LogP contribution in [-0.4, -0.2) is 29.6 Å². The molecule has 2 N–H and O–H groups in total. The molecule has 0 aliphatic rings. The maximum absolute atomic E-state index is 12.1. The molecule has 0 radical (unpaired) electrons. The number of phenolic OH excluding ortho intramolecular Hbond substituents is 1. The van der Waals surface area contributed by atoms with Gasteiger partial charge in [0.2, 0.25) is 0 Å². The normalized spacial score (nSPS) is 12.9. The summed E-state index contributed by atoms with van der Waals surface area (Å²) in [7, 11) is 0. The van der Waals surface area contributed by atoms with Gasteiger partial charge in [-0.15, -0.1) is 0 Å². The van der Waals surface area contributed by atoms with Gasteiger partial charge in [-0.05, 0) is 36.6 Å². The summed E-state index contributed by atoms with van der Waals surface area (Å²) in [6, 6.07) is 14.3. The first-order valence-corrected chi connectivity index (χ1v) is 8.70. The smallest absolute Gasteiger partial charge is 0.342 e. The molecular formula is C19H20BrNO4. The summed E-state index contributed by atoms with van der Waals surface area (Å²) in [5.41, 5.74) is 1.12. The number of nitrogens with one attached hydrogen (secondary N) is 1. The van der Waals surface area contributed by atoms with Gasteiger partial charge < -0.3 is 15.2 Å². The molecule has 2 atom stereocenters. The van der Waals surface area contributed by atoms with E-state index in [1.54, 1.807) is 6.07 Å². The van der Waals surface area contributed by atoms with Gasteiger partial charge in [-0.1, -0.05) is 53.2 Å². The lowest BCUT2D eigenvalue weighted by atomic mass is 10.0. The molecule has 0 spiro atoms. The van der Waals surface area contributed by atoms with Gasteiger partial charge in [0.05, 0.1) is 0 Å². The Kier molecular flexibility index (Phi) is 6.58. The lowest BCUT2D eigenvalue weighted by Crippen LogP contribution is -2.37. The molecule has 0 saturated carbocycles. The summed E-state index contributed by atoms with van der Waals surface area (Å²) in [6.45, 7) is 3.94. The van der Waals surface area contributed by atoms with Crippen molar-refractivity contribution in [2.45, 2.75) is 25.9 Å². The number of aromatic hydroxyl groups is 1. The fourth-order valence-corrected chi connectivity index (χ4v) is 2.61. The third-order valence-electron chi connectivity index (χ3n) is 3.78. The number of rotatable bonds is 6. The van der Waals surface area contributed by atoms with Crippen molar-refractivity contribution >= 4 is 27.8 Å². The number of ether oxygens (including phenoxy) is 1. The monoisotopic (exact) mass is 405 g/mol. The fourth-order valence-electron chi connectivity index (χ4n) is 2.25. The number of carbonyl (C=O) groups excluding carboxylic acids is 2. The van der Waals surface area contributed by atoms with E-state index in [0.29, 0.717) is 11.0 Å². The van der Waals surface area contributed by atoms with Crippen molar-refractivity contribution in [1.29, 1.82) is 0 Å². The van der Waals surface area contributed by atoms with Crippen LogP contribution >= 0.6 is 15.9 Å². The van der Waals surface area contributed by atoms with E-state index >= 15 is 0 Å². The second kappa shape index (κ2) is 8.67. The predicted molar refractivity (Wildman–Crippen MR) is 98.6 cm³/mol. The van der Waals surface area contributed by atoms with Crippen molar-refractivity contribution in [3.8, 4) is 5.75 Å². The Labute approximate surface area is 155 Å². The Morgan fingerprint density at radius 3 is 2.52 bits per heavy atom. The van der Waals surface area contributed by atoms with Crippen LogP contribution in [0.25, 0.3) is 0 Å². The van der Waals surface area contributed by atoms with E-state index in [1.807, 2.05) is 37.3 Å². The average Bonchev–Trinajstić information content (AvgIpc) is 2.61. The average molecular weight is 406 g/mol. The molecule has 0 unspecified atom stereocenters. The standard InChI is InChI=1S/C19H20BrNO4/c1-12(14-6-4-3-5-7-14)11-21-18(23)13(2)25-19(24)16-10-15(20)8-9-17(16)22/h3-10,12-13,22H,11H2,1-2H3,(H,21,23)/t12-,13-/m1/s1. The molecule has 0 fully saturated rings. The minimum Gasteiger partial charge on any atom is -0.507 e. The number of hydrogen-bond donors (Lipinski definition) is 2. The molecule has 2 aromatic carbocycles. The third-order valence-corrected chi connectivity index (χ3v) is 4.28. The largest absolute Gasteiger partial charge is 0.507 e. The molecule has 0 aliphatic carbocycles. The highest BCUT2D eigenvalue weighted by atomic mass is 79.9. The van der Waals surface area contributed by atoms with Gasteiger partial charge in [0, 0.05) is 11.0 Å². The SMILES string of the molecule is C[C@H](CNC(=O)[C@@H](C)OC(=O)c1cc(Br)ccc1O)c1ccccc1. The van der Waals surface area contributed by atoms with Crippen LogP contribution in [0.2, 0.25) is 0 Å². The van der Waals surface area contributed by atoms with E-state index in [0.717, 1.165) is 5.56 Å². The number of esters is 1. The summed E-state index contributed by atoms with van der Waals surface area (Å²) >= 11 is 3.22. The van der Waals surface area contributed by atoms with Crippen LogP contribution in [-0.2, 0) is 9.53 Å². The minimum atomic E-state index is -0.964. The highest BCUT2D eigenvalue weighted by Crippen LogP contribution is 2.23. The first-order valence-electron chi connectivity index (χ1n) is 7.90. The van der Waals surface area contributed by atoms with E-state index in [9.17, 15) is 14.7 Å². The molecule has 0 aromatic heterocycles. The van der Waals surface area contributed by atoms with Gasteiger partial charge in [-0.3, -0.25) is 4.79 Å². The van der Waals surface area contributed by atoms with Crippen LogP contribution in [0.4, 0.5) is 0 Å². The second-order valence-corrected chi connectivity index (χ2v) is 6.68. The highest BCUT2D eigenvalue weighted by molar-refractivity contribution is 9.10. The quantitative estimate of drug-likeness (QED) is 0.719. The summed E-state index contributed by atoms with van der Waals surface area (Å²) < 4.78 is 5.77. The Morgan fingerprint density at radius 1 is 1.16 bits per heavy atom. The zero-order valence-electron chi connectivity index (χ0n) is 14.0. The van der Waals surface area contributed by atoms with Crippen LogP contribution in [0.5, 0.6) is 5.75 Å². The number of carbonyl (C=O) groups is 2. The number of amides is 1.